The summed E-state index contributed by atoms with van der Waals surface area (Å²) in [5, 5.41) is 8.47. The molecule has 2 aliphatic heterocycles. The lowest BCUT2D eigenvalue weighted by molar-refractivity contribution is -0.126. The minimum Gasteiger partial charge on any atom is -0.454 e. The number of carbonyl (C=O) groups excluding carboxylic acids is 1. The molecule has 2 aliphatic rings. The first-order chi connectivity index (χ1) is 17.2. The van der Waals surface area contributed by atoms with Crippen LogP contribution in [0.3, 0.4) is 0 Å². The average molecular weight is 473 g/mol. The van der Waals surface area contributed by atoms with E-state index in [1.165, 1.54) is 18.5 Å². The van der Waals surface area contributed by atoms with E-state index in [0.29, 0.717) is 60.3 Å². The van der Waals surface area contributed by atoms with Crippen LogP contribution >= 0.6 is 0 Å². The van der Waals surface area contributed by atoms with Crippen molar-refractivity contribution in [2.45, 2.75) is 0 Å². The number of halogens is 1. The van der Waals surface area contributed by atoms with Crippen LogP contribution in [0.4, 0.5) is 10.2 Å². The van der Waals surface area contributed by atoms with E-state index in [1.54, 1.807) is 33.9 Å². The Morgan fingerprint density at radius 3 is 2.60 bits per heavy atom. The molecule has 0 saturated carbocycles. The monoisotopic (exact) mass is 473 g/mol. The van der Waals surface area contributed by atoms with Crippen LogP contribution in [-0.4, -0.2) is 68.7 Å². The van der Waals surface area contributed by atoms with Gasteiger partial charge in [0, 0.05) is 32.3 Å². The molecular weight excluding hydrogens is 453 g/mol. The molecule has 0 aliphatic carbocycles. The minimum atomic E-state index is -0.327. The molecule has 2 aromatic carbocycles. The van der Waals surface area contributed by atoms with Crippen molar-refractivity contribution in [1.29, 1.82) is 0 Å². The molecule has 2 aromatic heterocycles. The van der Waals surface area contributed by atoms with Crippen LogP contribution in [-0.2, 0) is 4.79 Å². The fourth-order valence-electron chi connectivity index (χ4n) is 4.15. The third-order valence-electron chi connectivity index (χ3n) is 6.00. The number of amides is 1. The second-order valence-corrected chi connectivity index (χ2v) is 8.11. The topological polar surface area (TPSA) is 98.5 Å². The van der Waals surface area contributed by atoms with Gasteiger partial charge in [-0.3, -0.25) is 4.79 Å². The highest BCUT2D eigenvalue weighted by atomic mass is 19.1. The largest absolute Gasteiger partial charge is 0.454 e. The number of fused-ring (bicyclic) bond motifs is 2. The van der Waals surface area contributed by atoms with Gasteiger partial charge < -0.3 is 19.3 Å². The quantitative estimate of drug-likeness (QED) is 0.417. The molecule has 35 heavy (non-hydrogen) atoms. The van der Waals surface area contributed by atoms with Crippen molar-refractivity contribution in [2.24, 2.45) is 0 Å². The second kappa shape index (κ2) is 8.67. The van der Waals surface area contributed by atoms with Gasteiger partial charge in [0.15, 0.2) is 28.5 Å². The summed E-state index contributed by atoms with van der Waals surface area (Å²) >= 11 is 0. The van der Waals surface area contributed by atoms with Crippen LogP contribution in [0.15, 0.2) is 54.9 Å². The highest BCUT2D eigenvalue weighted by molar-refractivity contribution is 5.92. The molecule has 1 fully saturated rings. The Kier molecular flexibility index (Phi) is 5.21. The Labute approximate surface area is 199 Å². The van der Waals surface area contributed by atoms with E-state index in [2.05, 4.69) is 25.2 Å². The summed E-state index contributed by atoms with van der Waals surface area (Å²) in [6.07, 6.45) is 4.81. The summed E-state index contributed by atoms with van der Waals surface area (Å²) in [5.41, 5.74) is 2.61. The van der Waals surface area contributed by atoms with Gasteiger partial charge in [0.25, 0.3) is 0 Å². The highest BCUT2D eigenvalue weighted by Crippen LogP contribution is 2.32. The molecule has 0 spiro atoms. The predicted molar refractivity (Wildman–Crippen MR) is 125 cm³/mol. The van der Waals surface area contributed by atoms with Crippen LogP contribution in [0.5, 0.6) is 11.5 Å². The third kappa shape index (κ3) is 4.01. The molecular formula is C24H20FN7O3. The second-order valence-electron chi connectivity index (χ2n) is 8.11. The molecule has 1 saturated heterocycles. The Hall–Kier alpha value is -4.54. The van der Waals surface area contributed by atoms with E-state index in [1.807, 2.05) is 18.2 Å². The molecule has 4 heterocycles. The highest BCUT2D eigenvalue weighted by Gasteiger charge is 2.24. The Balaban J connectivity index is 1.14. The number of anilines is 1. The number of rotatable bonds is 4. The zero-order valence-corrected chi connectivity index (χ0v) is 18.5. The van der Waals surface area contributed by atoms with Crippen molar-refractivity contribution in [3.8, 4) is 17.2 Å². The molecule has 0 N–H and O–H groups in total. The number of nitrogens with zero attached hydrogens (tertiary/aromatic N) is 7. The number of hydrogen-bond acceptors (Lipinski definition) is 8. The zero-order valence-electron chi connectivity index (χ0n) is 18.5. The van der Waals surface area contributed by atoms with Crippen molar-refractivity contribution in [3.05, 3.63) is 66.2 Å². The van der Waals surface area contributed by atoms with Gasteiger partial charge in [0.05, 0.1) is 5.69 Å². The summed E-state index contributed by atoms with van der Waals surface area (Å²) in [6, 6.07) is 11.5. The fraction of sp³-hybridized carbons (Fsp3) is 0.208. The van der Waals surface area contributed by atoms with Crippen molar-refractivity contribution >= 4 is 29.0 Å². The van der Waals surface area contributed by atoms with Crippen molar-refractivity contribution in [2.75, 3.05) is 37.9 Å². The summed E-state index contributed by atoms with van der Waals surface area (Å²) < 4.78 is 25.6. The van der Waals surface area contributed by atoms with Crippen molar-refractivity contribution in [3.63, 3.8) is 0 Å². The zero-order chi connectivity index (χ0) is 23.8. The summed E-state index contributed by atoms with van der Waals surface area (Å²) in [4.78, 5) is 25.4. The van der Waals surface area contributed by atoms with E-state index >= 15 is 0 Å². The Morgan fingerprint density at radius 1 is 0.971 bits per heavy atom. The van der Waals surface area contributed by atoms with E-state index in [-0.39, 0.29) is 18.5 Å². The first-order valence-electron chi connectivity index (χ1n) is 11.1. The number of hydrogen-bond donors (Lipinski definition) is 0. The minimum absolute atomic E-state index is 0.0580. The SMILES string of the molecule is O=C(/C=C/c1ccc2c(c1)OCO2)N1CCN(c2ncnc3c2nnn3-c2ccc(F)cc2)CC1. The molecule has 10 nitrogen and oxygen atoms in total. The molecule has 4 aromatic rings. The first kappa shape index (κ1) is 21.0. The molecule has 1 amide bonds. The van der Waals surface area contributed by atoms with Gasteiger partial charge in [0.2, 0.25) is 12.7 Å². The van der Waals surface area contributed by atoms with Crippen molar-refractivity contribution in [1.82, 2.24) is 29.9 Å². The predicted octanol–water partition coefficient (Wildman–Crippen LogP) is 2.44. The maximum Gasteiger partial charge on any atom is 0.246 e. The summed E-state index contributed by atoms with van der Waals surface area (Å²) in [7, 11) is 0. The number of benzene rings is 2. The maximum atomic E-state index is 13.3. The van der Waals surface area contributed by atoms with Gasteiger partial charge >= 0.3 is 0 Å². The average Bonchev–Trinajstić information content (AvgIpc) is 3.55. The van der Waals surface area contributed by atoms with Crippen LogP contribution < -0.4 is 14.4 Å². The van der Waals surface area contributed by atoms with E-state index < -0.39 is 0 Å². The molecule has 0 radical (unpaired) electrons. The normalized spacial score (nSPS) is 15.3. The van der Waals surface area contributed by atoms with Crippen LogP contribution in [0.25, 0.3) is 22.9 Å². The molecule has 11 heteroatoms. The van der Waals surface area contributed by atoms with Gasteiger partial charge in [-0.2, -0.15) is 4.68 Å². The molecule has 0 bridgehead atoms. The van der Waals surface area contributed by atoms with E-state index in [9.17, 15) is 9.18 Å². The molecule has 0 unspecified atom stereocenters. The molecule has 0 atom stereocenters. The molecule has 6 rings (SSSR count). The van der Waals surface area contributed by atoms with Gasteiger partial charge in [-0.05, 0) is 48.0 Å². The number of aromatic nitrogens is 5. The summed E-state index contributed by atoms with van der Waals surface area (Å²) in [5.74, 6) is 1.66. The number of ether oxygens (including phenoxy) is 2. The lowest BCUT2D eigenvalue weighted by Crippen LogP contribution is -2.48. The van der Waals surface area contributed by atoms with Gasteiger partial charge in [0.1, 0.15) is 12.1 Å². The Bertz CT molecular complexity index is 1430. The lowest BCUT2D eigenvalue weighted by Gasteiger charge is -2.34. The summed E-state index contributed by atoms with van der Waals surface area (Å²) in [6.45, 7) is 2.50. The fourth-order valence-corrected chi connectivity index (χ4v) is 4.15. The van der Waals surface area contributed by atoms with E-state index in [0.717, 1.165) is 5.56 Å². The van der Waals surface area contributed by atoms with Gasteiger partial charge in [-0.1, -0.05) is 11.3 Å². The smallest absolute Gasteiger partial charge is 0.246 e. The van der Waals surface area contributed by atoms with Crippen LogP contribution in [0.2, 0.25) is 0 Å². The standard InChI is InChI=1S/C24H20FN7O3/c25-17-3-5-18(6-4-17)32-24-22(28-29-32)23(26-14-27-24)31-11-9-30(10-12-31)21(33)8-2-16-1-7-19-20(13-16)35-15-34-19/h1-8,13-14H,9-12,15H2/b8-2+. The molecule has 176 valence electrons. The number of carbonyl (C=O) groups is 1. The van der Waals surface area contributed by atoms with E-state index in [4.69, 9.17) is 9.47 Å². The van der Waals surface area contributed by atoms with Crippen molar-refractivity contribution < 1.29 is 18.7 Å². The van der Waals surface area contributed by atoms with Crippen LogP contribution in [0, 0.1) is 5.82 Å². The lowest BCUT2D eigenvalue weighted by atomic mass is 10.2. The van der Waals surface area contributed by atoms with Gasteiger partial charge in [-0.15, -0.1) is 5.10 Å². The number of piperazine rings is 1. The van der Waals surface area contributed by atoms with Crippen LogP contribution in [0.1, 0.15) is 5.56 Å². The van der Waals surface area contributed by atoms with Gasteiger partial charge in [-0.25, -0.2) is 14.4 Å². The Morgan fingerprint density at radius 2 is 1.77 bits per heavy atom. The first-order valence-corrected chi connectivity index (χ1v) is 11.1. The maximum absolute atomic E-state index is 13.3. The third-order valence-corrected chi connectivity index (χ3v) is 6.00.